The van der Waals surface area contributed by atoms with Crippen LogP contribution in [0.5, 0.6) is 0 Å². The Labute approximate surface area is 184 Å². The molecule has 0 spiro atoms. The van der Waals surface area contributed by atoms with E-state index in [9.17, 15) is 5.21 Å². The molecule has 0 fully saturated rings. The summed E-state index contributed by atoms with van der Waals surface area (Å²) in [6.07, 6.45) is 23.4. The van der Waals surface area contributed by atoms with Crippen LogP contribution in [0.2, 0.25) is 0 Å². The Hall–Kier alpha value is 0.500. The minimum atomic E-state index is 0. The van der Waals surface area contributed by atoms with Crippen molar-refractivity contribution in [1.29, 1.82) is 0 Å². The lowest BCUT2D eigenvalue weighted by atomic mass is 9.95. The number of unbranched alkanes of at least 4 members (excludes halogenated alkanes) is 14. The van der Waals surface area contributed by atoms with Crippen LogP contribution < -0.4 is 29.9 Å². The van der Waals surface area contributed by atoms with E-state index in [0.717, 1.165) is 19.4 Å². The number of rotatable bonds is 19. The third-order valence-corrected chi connectivity index (χ3v) is 5.67. The highest BCUT2D eigenvalue weighted by atomic mass is 35.5. The van der Waals surface area contributed by atoms with Crippen LogP contribution in [0.3, 0.4) is 0 Å². The number of quaternary nitrogens is 1. The van der Waals surface area contributed by atoms with Crippen LogP contribution in [-0.4, -0.2) is 17.3 Å². The smallest absolute Gasteiger partial charge is 0.121 e. The van der Waals surface area contributed by atoms with Crippen molar-refractivity contribution in [3.63, 3.8) is 0 Å². The number of hydrogen-bond acceptors (Lipinski definition) is 1. The van der Waals surface area contributed by atoms with Gasteiger partial charge in [-0.1, -0.05) is 104 Å². The van der Waals surface area contributed by atoms with Gasteiger partial charge in [0.2, 0.25) is 0 Å². The number of hydrogen-bond donors (Lipinski definition) is 2. The topological polar surface area (TPSA) is 24.7 Å². The van der Waals surface area contributed by atoms with Crippen LogP contribution in [0.25, 0.3) is 0 Å². The van der Waals surface area contributed by atoms with E-state index in [1.165, 1.54) is 96.3 Å². The third-order valence-electron chi connectivity index (χ3n) is 5.67. The molecule has 0 aliphatic rings. The molecule has 0 aromatic carbocycles. The quantitative estimate of drug-likeness (QED) is 0.231. The molecule has 168 valence electrons. The van der Waals surface area contributed by atoms with Crippen molar-refractivity contribution in [2.24, 2.45) is 0 Å². The maximum absolute atomic E-state index is 10.1. The van der Waals surface area contributed by atoms with Crippen LogP contribution in [0, 0.1) is 0 Å². The summed E-state index contributed by atoms with van der Waals surface area (Å²) in [4.78, 5) is 0. The van der Waals surface area contributed by atoms with Crippen LogP contribution in [0.15, 0.2) is 0 Å². The zero-order valence-corrected chi connectivity index (χ0v) is 20.4. The molecule has 0 aliphatic carbocycles. The molecule has 0 rings (SSSR count). The van der Waals surface area contributed by atoms with Crippen molar-refractivity contribution >= 4 is 0 Å². The van der Waals surface area contributed by atoms with Gasteiger partial charge in [0.15, 0.2) is 0 Å². The first-order valence-electron chi connectivity index (χ1n) is 11.6. The van der Waals surface area contributed by atoms with E-state index >= 15 is 0 Å². The van der Waals surface area contributed by atoms with Crippen LogP contribution >= 0.6 is 0 Å². The van der Waals surface area contributed by atoms with Crippen LogP contribution in [0.1, 0.15) is 137 Å². The van der Waals surface area contributed by atoms with Gasteiger partial charge in [-0.25, -0.2) is 5.21 Å². The Bertz CT molecular complexity index is 275. The molecule has 2 nitrogen and oxygen atoms in total. The van der Waals surface area contributed by atoms with E-state index in [4.69, 9.17) is 0 Å². The highest BCUT2D eigenvalue weighted by Gasteiger charge is 2.28. The molecule has 0 heterocycles. The highest BCUT2D eigenvalue weighted by molar-refractivity contribution is 4.65. The third kappa shape index (κ3) is 21.0. The van der Waals surface area contributed by atoms with Gasteiger partial charge in [-0.05, 0) is 26.7 Å². The summed E-state index contributed by atoms with van der Waals surface area (Å²) in [5, 5.41) is 10.8. The molecule has 0 saturated carbocycles. The fourth-order valence-corrected chi connectivity index (χ4v) is 3.66. The molecule has 0 aromatic heterocycles. The molecule has 4 heteroatoms. The fourth-order valence-electron chi connectivity index (χ4n) is 3.66. The zero-order valence-electron chi connectivity index (χ0n) is 18.9. The fraction of sp³-hybridized carbons (Fsp3) is 1.00. The minimum absolute atomic E-state index is 0. The summed E-state index contributed by atoms with van der Waals surface area (Å²) in [5.74, 6) is 0. The first-order chi connectivity index (χ1) is 12.0. The average molecular weight is 428 g/mol. The maximum atomic E-state index is 10.1. The molecule has 2 N–H and O–H groups in total. The molecule has 1 unspecified atom stereocenters. The van der Waals surface area contributed by atoms with E-state index in [1.807, 2.05) is 0 Å². The Morgan fingerprint density at radius 3 is 1.22 bits per heavy atom. The average Bonchev–Trinajstić information content (AvgIpc) is 2.58. The summed E-state index contributed by atoms with van der Waals surface area (Å²) in [7, 11) is 0. The molecule has 0 bridgehead atoms. The summed E-state index contributed by atoms with van der Waals surface area (Å²) in [6, 6.07) is 0. The summed E-state index contributed by atoms with van der Waals surface area (Å²) >= 11 is 0. The van der Waals surface area contributed by atoms with Crippen molar-refractivity contribution in [1.82, 2.24) is 0 Å². The van der Waals surface area contributed by atoms with Crippen molar-refractivity contribution in [2.45, 2.75) is 142 Å². The predicted octanol–water partition coefficient (Wildman–Crippen LogP) is 0.719. The molecule has 0 radical (unpaired) electrons. The van der Waals surface area contributed by atoms with Gasteiger partial charge >= 0.3 is 0 Å². The van der Waals surface area contributed by atoms with Crippen molar-refractivity contribution in [3.8, 4) is 0 Å². The molecule has 0 amide bonds. The second kappa shape index (κ2) is 22.8. The molecule has 0 aromatic rings. The standard InChI is InChI=1S/C23H49NO.2ClH/c1-5-7-8-9-10-11-12-13-14-15-16-17-18-19-20-21-23(3,4)24(25)22-6-2;;/h25H,5-22H2,1-4H3;2*1H/p-1. The highest BCUT2D eigenvalue weighted by Crippen LogP contribution is 2.15. The summed E-state index contributed by atoms with van der Waals surface area (Å²) in [6.45, 7) is 9.69. The summed E-state index contributed by atoms with van der Waals surface area (Å²) < 4.78 is 0. The van der Waals surface area contributed by atoms with Gasteiger partial charge in [-0.3, -0.25) is 0 Å². The van der Waals surface area contributed by atoms with E-state index < -0.39 is 0 Å². The monoisotopic (exact) mass is 426 g/mol. The minimum Gasteiger partial charge on any atom is -1.00 e. The predicted molar refractivity (Wildman–Crippen MR) is 112 cm³/mol. The lowest BCUT2D eigenvalue weighted by Gasteiger charge is -2.28. The van der Waals surface area contributed by atoms with Gasteiger partial charge in [0, 0.05) is 6.42 Å². The maximum Gasteiger partial charge on any atom is 0.121 e. The molecule has 27 heavy (non-hydrogen) atoms. The SMILES string of the molecule is CCCCCCCCCCCCCCCCCC(C)(C)[NH+](O)CCC.[Cl-].[Cl-]. The summed E-state index contributed by atoms with van der Waals surface area (Å²) in [5.41, 5.74) is 0.0204. The second-order valence-corrected chi connectivity index (χ2v) is 8.78. The lowest BCUT2D eigenvalue weighted by molar-refractivity contribution is -1.12. The lowest BCUT2D eigenvalue weighted by Crippen LogP contribution is -3.17. The van der Waals surface area contributed by atoms with Crippen LogP contribution in [0.4, 0.5) is 0 Å². The van der Waals surface area contributed by atoms with E-state index in [-0.39, 0.29) is 30.4 Å². The normalized spacial score (nSPS) is 12.3. The van der Waals surface area contributed by atoms with Crippen molar-refractivity contribution in [3.05, 3.63) is 0 Å². The Kier molecular flexibility index (Phi) is 27.2. The van der Waals surface area contributed by atoms with Crippen LogP contribution in [-0.2, 0) is 0 Å². The molecular formula is C23H50Cl2NO-. The van der Waals surface area contributed by atoms with Gasteiger partial charge in [-0.2, -0.15) is 5.06 Å². The van der Waals surface area contributed by atoms with Gasteiger partial charge < -0.3 is 24.8 Å². The first-order valence-corrected chi connectivity index (χ1v) is 11.6. The zero-order chi connectivity index (χ0) is 18.8. The number of hydroxylamine groups is 2. The molecular weight excluding hydrogens is 377 g/mol. The van der Waals surface area contributed by atoms with Gasteiger partial charge in [0.05, 0.1) is 0 Å². The molecule has 0 aliphatic heterocycles. The van der Waals surface area contributed by atoms with Gasteiger partial charge in [0.1, 0.15) is 12.1 Å². The molecule has 1 atom stereocenters. The van der Waals surface area contributed by atoms with Gasteiger partial charge in [0.25, 0.3) is 0 Å². The van der Waals surface area contributed by atoms with Crippen molar-refractivity contribution in [2.75, 3.05) is 6.54 Å². The van der Waals surface area contributed by atoms with Gasteiger partial charge in [-0.15, -0.1) is 0 Å². The largest absolute Gasteiger partial charge is 1.00 e. The van der Waals surface area contributed by atoms with E-state index in [2.05, 4.69) is 27.7 Å². The second-order valence-electron chi connectivity index (χ2n) is 8.78. The number of halogens is 2. The Morgan fingerprint density at radius 1 is 0.556 bits per heavy atom. The molecule has 0 saturated heterocycles. The van der Waals surface area contributed by atoms with Crippen molar-refractivity contribution < 1.29 is 35.1 Å². The Morgan fingerprint density at radius 2 is 0.889 bits per heavy atom. The first kappa shape index (κ1) is 32.2. The van der Waals surface area contributed by atoms with E-state index in [0.29, 0.717) is 5.06 Å². The Balaban J connectivity index is -0.00000288. The number of nitrogens with one attached hydrogen (secondary N) is 1. The van der Waals surface area contributed by atoms with E-state index in [1.54, 1.807) is 0 Å².